The van der Waals surface area contributed by atoms with Crippen LogP contribution in [0.3, 0.4) is 0 Å². The minimum atomic E-state index is 0. The van der Waals surface area contributed by atoms with Crippen molar-refractivity contribution in [3.63, 3.8) is 0 Å². The molecule has 1 fully saturated rings. The Labute approximate surface area is 153 Å². The number of carbonyl (C=O) groups excluding carboxylic acids is 1. The van der Waals surface area contributed by atoms with Gasteiger partial charge in [0.15, 0.2) is 0 Å². The Morgan fingerprint density at radius 2 is 1.74 bits per heavy atom. The van der Waals surface area contributed by atoms with Crippen LogP contribution in [0.2, 0.25) is 0 Å². The molecule has 0 aromatic rings. The number of halogens is 2. The first-order valence-electron chi connectivity index (χ1n) is 8.43. The van der Waals surface area contributed by atoms with E-state index in [1.165, 1.54) is 0 Å². The molecule has 1 aliphatic heterocycles. The number of hydrogen-bond donors (Lipinski definition) is 2. The lowest BCUT2D eigenvalue weighted by Gasteiger charge is -2.36. The van der Waals surface area contributed by atoms with Crippen molar-refractivity contribution in [1.29, 1.82) is 0 Å². The molecular weight excluding hydrogens is 337 g/mol. The van der Waals surface area contributed by atoms with Crippen molar-refractivity contribution in [3.05, 3.63) is 0 Å². The van der Waals surface area contributed by atoms with E-state index in [2.05, 4.69) is 24.1 Å². The Bertz CT molecular complexity index is 288. The Morgan fingerprint density at radius 1 is 1.13 bits per heavy atom. The van der Waals surface area contributed by atoms with Gasteiger partial charge in [0.25, 0.3) is 0 Å². The van der Waals surface area contributed by atoms with Crippen LogP contribution in [-0.2, 0) is 9.53 Å². The molecule has 7 heteroatoms. The van der Waals surface area contributed by atoms with Gasteiger partial charge in [0, 0.05) is 32.1 Å². The van der Waals surface area contributed by atoms with Gasteiger partial charge >= 0.3 is 0 Å². The number of morpholine rings is 1. The smallest absolute Gasteiger partial charge is 0.220 e. The van der Waals surface area contributed by atoms with Crippen molar-refractivity contribution < 1.29 is 9.53 Å². The van der Waals surface area contributed by atoms with Crippen molar-refractivity contribution >= 4 is 30.7 Å². The third kappa shape index (κ3) is 11.2. The highest BCUT2D eigenvalue weighted by Gasteiger charge is 2.23. The number of hydrogen-bond acceptors (Lipinski definition) is 4. The standard InChI is InChI=1S/C16H33N3O2.2ClH/c1-14(2)15(19-9-11-21-12-10-19)13-18-16(20)7-5-3-4-6-8-17;;/h14-15H,3-13,17H2,1-2H3,(H,18,20);2*1H. The van der Waals surface area contributed by atoms with E-state index < -0.39 is 0 Å². The van der Waals surface area contributed by atoms with Crippen LogP contribution in [0.5, 0.6) is 0 Å². The summed E-state index contributed by atoms with van der Waals surface area (Å²) in [5.41, 5.74) is 5.46. The molecule has 0 aromatic carbocycles. The SMILES string of the molecule is CC(C)C(CNC(=O)CCCCCCN)N1CCOCC1.Cl.Cl. The zero-order chi connectivity index (χ0) is 15.5. The molecular formula is C16H35Cl2N3O2. The number of ether oxygens (including phenoxy) is 1. The minimum Gasteiger partial charge on any atom is -0.379 e. The summed E-state index contributed by atoms with van der Waals surface area (Å²) in [4.78, 5) is 14.3. The molecule has 0 radical (unpaired) electrons. The molecule has 140 valence electrons. The van der Waals surface area contributed by atoms with Crippen LogP contribution < -0.4 is 11.1 Å². The second-order valence-corrected chi connectivity index (χ2v) is 6.22. The molecule has 0 spiro atoms. The normalized spacial score (nSPS) is 16.3. The van der Waals surface area contributed by atoms with E-state index in [9.17, 15) is 4.79 Å². The molecule has 1 aliphatic rings. The van der Waals surface area contributed by atoms with Gasteiger partial charge in [0.05, 0.1) is 13.2 Å². The van der Waals surface area contributed by atoms with E-state index in [4.69, 9.17) is 10.5 Å². The second-order valence-electron chi connectivity index (χ2n) is 6.22. The van der Waals surface area contributed by atoms with E-state index in [0.717, 1.165) is 65.1 Å². The number of unbranched alkanes of at least 4 members (excludes halogenated alkanes) is 3. The zero-order valence-electron chi connectivity index (χ0n) is 14.6. The van der Waals surface area contributed by atoms with Gasteiger partial charge in [0.1, 0.15) is 0 Å². The maximum absolute atomic E-state index is 11.9. The van der Waals surface area contributed by atoms with Crippen LogP contribution in [0.15, 0.2) is 0 Å². The molecule has 1 atom stereocenters. The highest BCUT2D eigenvalue weighted by molar-refractivity contribution is 5.85. The van der Waals surface area contributed by atoms with Crippen LogP contribution in [0, 0.1) is 5.92 Å². The van der Waals surface area contributed by atoms with Gasteiger partial charge in [-0.1, -0.05) is 26.7 Å². The monoisotopic (exact) mass is 371 g/mol. The van der Waals surface area contributed by atoms with Gasteiger partial charge in [-0.05, 0) is 25.3 Å². The summed E-state index contributed by atoms with van der Waals surface area (Å²) in [6.45, 7) is 9.49. The largest absolute Gasteiger partial charge is 0.379 e. The second kappa shape index (κ2) is 15.5. The topological polar surface area (TPSA) is 67.6 Å². The van der Waals surface area contributed by atoms with Crippen molar-refractivity contribution in [3.8, 4) is 0 Å². The van der Waals surface area contributed by atoms with E-state index in [0.29, 0.717) is 18.4 Å². The fraction of sp³-hybridized carbons (Fsp3) is 0.938. The van der Waals surface area contributed by atoms with E-state index in [1.54, 1.807) is 0 Å². The number of amides is 1. The summed E-state index contributed by atoms with van der Waals surface area (Å²) in [5, 5.41) is 3.11. The number of rotatable bonds is 10. The lowest BCUT2D eigenvalue weighted by Crippen LogP contribution is -2.51. The molecule has 1 heterocycles. The van der Waals surface area contributed by atoms with Gasteiger partial charge in [-0.15, -0.1) is 24.8 Å². The molecule has 1 amide bonds. The fourth-order valence-corrected chi connectivity index (χ4v) is 2.79. The van der Waals surface area contributed by atoms with Gasteiger partial charge in [-0.25, -0.2) is 0 Å². The van der Waals surface area contributed by atoms with Gasteiger partial charge in [0.2, 0.25) is 5.91 Å². The van der Waals surface area contributed by atoms with Crippen molar-refractivity contribution in [2.24, 2.45) is 11.7 Å². The average Bonchev–Trinajstić information content (AvgIpc) is 2.48. The quantitative estimate of drug-likeness (QED) is 0.577. The summed E-state index contributed by atoms with van der Waals surface area (Å²) in [6, 6.07) is 0.412. The fourth-order valence-electron chi connectivity index (χ4n) is 2.79. The third-order valence-electron chi connectivity index (χ3n) is 4.15. The van der Waals surface area contributed by atoms with Crippen LogP contribution in [0.25, 0.3) is 0 Å². The number of nitrogens with two attached hydrogens (primary N) is 1. The minimum absolute atomic E-state index is 0. The molecule has 5 nitrogen and oxygen atoms in total. The number of nitrogens with one attached hydrogen (secondary N) is 1. The van der Waals surface area contributed by atoms with Crippen LogP contribution >= 0.6 is 24.8 Å². The third-order valence-corrected chi connectivity index (χ3v) is 4.15. The molecule has 0 aliphatic carbocycles. The van der Waals surface area contributed by atoms with Crippen molar-refractivity contribution in [2.45, 2.75) is 52.0 Å². The summed E-state index contributed by atoms with van der Waals surface area (Å²) in [6.07, 6.45) is 4.90. The van der Waals surface area contributed by atoms with Gasteiger partial charge in [-0.2, -0.15) is 0 Å². The van der Waals surface area contributed by atoms with Gasteiger partial charge in [-0.3, -0.25) is 9.69 Å². The summed E-state index contributed by atoms with van der Waals surface area (Å²) >= 11 is 0. The predicted octanol–water partition coefficient (Wildman–Crippen LogP) is 2.21. The van der Waals surface area contributed by atoms with E-state index in [-0.39, 0.29) is 30.7 Å². The first-order chi connectivity index (χ1) is 10.1. The molecule has 0 bridgehead atoms. The van der Waals surface area contributed by atoms with E-state index >= 15 is 0 Å². The first-order valence-corrected chi connectivity index (χ1v) is 8.43. The average molecular weight is 372 g/mol. The molecule has 0 saturated carbocycles. The maximum atomic E-state index is 11.9. The Morgan fingerprint density at radius 3 is 2.30 bits per heavy atom. The van der Waals surface area contributed by atoms with Crippen LogP contribution in [-0.4, -0.2) is 56.2 Å². The van der Waals surface area contributed by atoms with Crippen LogP contribution in [0.1, 0.15) is 46.0 Å². The predicted molar refractivity (Wildman–Crippen MR) is 101 cm³/mol. The van der Waals surface area contributed by atoms with Crippen molar-refractivity contribution in [1.82, 2.24) is 10.2 Å². The molecule has 3 N–H and O–H groups in total. The molecule has 0 aromatic heterocycles. The Kier molecular flexibility index (Phi) is 16.9. The molecule has 1 unspecified atom stereocenters. The van der Waals surface area contributed by atoms with Crippen LogP contribution in [0.4, 0.5) is 0 Å². The lowest BCUT2D eigenvalue weighted by molar-refractivity contribution is -0.121. The lowest BCUT2D eigenvalue weighted by atomic mass is 10.0. The molecule has 23 heavy (non-hydrogen) atoms. The first kappa shape index (κ1) is 25.2. The number of nitrogens with zero attached hydrogens (tertiary/aromatic N) is 1. The number of carbonyl (C=O) groups is 1. The summed E-state index contributed by atoms with van der Waals surface area (Å²) < 4.78 is 5.40. The summed E-state index contributed by atoms with van der Waals surface area (Å²) in [5.74, 6) is 0.717. The highest BCUT2D eigenvalue weighted by Crippen LogP contribution is 2.12. The Balaban J connectivity index is 0. The highest BCUT2D eigenvalue weighted by atomic mass is 35.5. The van der Waals surface area contributed by atoms with Gasteiger partial charge < -0.3 is 15.8 Å². The van der Waals surface area contributed by atoms with Crippen molar-refractivity contribution in [2.75, 3.05) is 39.4 Å². The summed E-state index contributed by atoms with van der Waals surface area (Å²) in [7, 11) is 0. The molecule has 1 rings (SSSR count). The molecule has 1 saturated heterocycles. The Hall–Kier alpha value is -0.0700. The maximum Gasteiger partial charge on any atom is 0.220 e. The van der Waals surface area contributed by atoms with E-state index in [1.807, 2.05) is 0 Å². The zero-order valence-corrected chi connectivity index (χ0v) is 16.2.